The Morgan fingerprint density at radius 1 is 1.53 bits per heavy atom. The van der Waals surface area contributed by atoms with Crippen molar-refractivity contribution in [2.24, 2.45) is 0 Å². The lowest BCUT2D eigenvalue weighted by Gasteiger charge is -2.17. The highest BCUT2D eigenvalue weighted by Gasteiger charge is 2.19. The zero-order valence-electron chi connectivity index (χ0n) is 11.3. The fourth-order valence-electron chi connectivity index (χ4n) is 1.64. The van der Waals surface area contributed by atoms with E-state index in [1.165, 1.54) is 0 Å². The van der Waals surface area contributed by atoms with Crippen molar-refractivity contribution in [2.45, 2.75) is 6.04 Å². The third kappa shape index (κ3) is 4.81. The molecule has 106 valence electrons. The van der Waals surface area contributed by atoms with Gasteiger partial charge in [0.05, 0.1) is 11.6 Å². The molecule has 0 aliphatic carbocycles. The Morgan fingerprint density at radius 3 is 2.68 bits per heavy atom. The highest BCUT2D eigenvalue weighted by molar-refractivity contribution is 9.10. The highest BCUT2D eigenvalue weighted by atomic mass is 79.9. The van der Waals surface area contributed by atoms with Gasteiger partial charge in [0.2, 0.25) is 0 Å². The summed E-state index contributed by atoms with van der Waals surface area (Å²) in [5.74, 6) is -0.211. The number of hydrogen-bond acceptors (Lipinski definition) is 4. The first-order chi connectivity index (χ1) is 8.95. The van der Waals surface area contributed by atoms with E-state index in [2.05, 4.69) is 21.2 Å². The number of rotatable bonds is 7. The van der Waals surface area contributed by atoms with E-state index in [-0.39, 0.29) is 0 Å². The molecule has 0 aliphatic rings. The van der Waals surface area contributed by atoms with Gasteiger partial charge in [-0.3, -0.25) is 10.1 Å². The molecule has 1 aromatic rings. The first-order valence-corrected chi connectivity index (χ1v) is 6.69. The summed E-state index contributed by atoms with van der Waals surface area (Å²) < 4.78 is 5.88. The van der Waals surface area contributed by atoms with Crippen LogP contribution in [0.15, 0.2) is 22.7 Å². The van der Waals surface area contributed by atoms with E-state index in [0.717, 1.165) is 11.0 Å². The molecule has 19 heavy (non-hydrogen) atoms. The van der Waals surface area contributed by atoms with Crippen LogP contribution in [-0.2, 0) is 4.79 Å². The smallest absolute Gasteiger partial charge is 0.325 e. The Hall–Kier alpha value is -1.11. The molecule has 0 saturated carbocycles. The second-order valence-corrected chi connectivity index (χ2v) is 5.28. The van der Waals surface area contributed by atoms with Gasteiger partial charge in [0, 0.05) is 13.1 Å². The number of nitrogens with one attached hydrogen (secondary N) is 1. The number of aliphatic carboxylic acids is 1. The normalized spacial score (nSPS) is 12.5. The number of hydrogen-bond donors (Lipinski definition) is 2. The van der Waals surface area contributed by atoms with Crippen LogP contribution in [0.3, 0.4) is 0 Å². The zero-order valence-corrected chi connectivity index (χ0v) is 12.9. The second-order valence-electron chi connectivity index (χ2n) is 4.42. The van der Waals surface area contributed by atoms with Crippen LogP contribution >= 0.6 is 15.9 Å². The molecule has 0 bridgehead atoms. The average molecular weight is 331 g/mol. The number of halogens is 1. The van der Waals surface area contributed by atoms with Crippen LogP contribution in [0.25, 0.3) is 0 Å². The van der Waals surface area contributed by atoms with Crippen molar-refractivity contribution in [3.63, 3.8) is 0 Å². The number of nitrogens with zero attached hydrogens (tertiary/aromatic N) is 1. The quantitative estimate of drug-likeness (QED) is 0.797. The van der Waals surface area contributed by atoms with Crippen LogP contribution in [0.4, 0.5) is 0 Å². The van der Waals surface area contributed by atoms with Crippen molar-refractivity contribution >= 4 is 21.9 Å². The highest BCUT2D eigenvalue weighted by Crippen LogP contribution is 2.28. The molecular weight excluding hydrogens is 312 g/mol. The van der Waals surface area contributed by atoms with E-state index in [9.17, 15) is 9.90 Å². The molecule has 0 radical (unpaired) electrons. The third-order valence-corrected chi connectivity index (χ3v) is 3.28. The molecule has 0 heterocycles. The van der Waals surface area contributed by atoms with Crippen molar-refractivity contribution < 1.29 is 14.6 Å². The molecule has 6 heteroatoms. The standard InChI is InChI=1S/C13H19BrN2O3/c1-16(2)7-6-15-12(13(17)18)9-4-5-11(19-3)10(14)8-9/h4-5,8,12,15H,6-7H2,1-3H3,(H,17,18). The van der Waals surface area contributed by atoms with Gasteiger partial charge in [0.1, 0.15) is 11.8 Å². The van der Waals surface area contributed by atoms with E-state index < -0.39 is 12.0 Å². The first kappa shape index (κ1) is 15.9. The van der Waals surface area contributed by atoms with Gasteiger partial charge in [-0.2, -0.15) is 0 Å². The lowest BCUT2D eigenvalue weighted by atomic mass is 10.1. The maximum atomic E-state index is 11.3. The number of carboxylic acids is 1. The molecule has 0 amide bonds. The molecule has 2 N–H and O–H groups in total. The minimum atomic E-state index is -0.893. The molecule has 5 nitrogen and oxygen atoms in total. The number of benzene rings is 1. The van der Waals surface area contributed by atoms with E-state index in [0.29, 0.717) is 17.9 Å². The summed E-state index contributed by atoms with van der Waals surface area (Å²) in [7, 11) is 5.46. The van der Waals surface area contributed by atoms with Crippen LogP contribution in [0.2, 0.25) is 0 Å². The van der Waals surface area contributed by atoms with Gasteiger partial charge >= 0.3 is 5.97 Å². The summed E-state index contributed by atoms with van der Waals surface area (Å²) in [4.78, 5) is 13.3. The maximum absolute atomic E-state index is 11.3. The molecule has 0 saturated heterocycles. The number of carboxylic acid groups (broad SMARTS) is 1. The van der Waals surface area contributed by atoms with Crippen molar-refractivity contribution in [3.05, 3.63) is 28.2 Å². The molecule has 0 aromatic heterocycles. The largest absolute Gasteiger partial charge is 0.496 e. The number of carbonyl (C=O) groups is 1. The SMILES string of the molecule is COc1ccc(C(NCCN(C)C)C(=O)O)cc1Br. The topological polar surface area (TPSA) is 61.8 Å². The Kier molecular flexibility index (Phi) is 6.27. The predicted octanol–water partition coefficient (Wildman–Crippen LogP) is 1.73. The monoisotopic (exact) mass is 330 g/mol. The minimum absolute atomic E-state index is 0.605. The number of likely N-dealkylation sites (N-methyl/N-ethyl adjacent to an activating group) is 1. The van der Waals surface area contributed by atoms with Gasteiger partial charge in [-0.25, -0.2) is 0 Å². The number of ether oxygens (including phenoxy) is 1. The maximum Gasteiger partial charge on any atom is 0.325 e. The van der Waals surface area contributed by atoms with E-state index >= 15 is 0 Å². The van der Waals surface area contributed by atoms with E-state index in [1.54, 1.807) is 25.3 Å². The van der Waals surface area contributed by atoms with Gasteiger partial charge in [-0.15, -0.1) is 0 Å². The fraction of sp³-hybridized carbons (Fsp3) is 0.462. The first-order valence-electron chi connectivity index (χ1n) is 5.90. The van der Waals surface area contributed by atoms with Gasteiger partial charge in [0.15, 0.2) is 0 Å². The second kappa shape index (κ2) is 7.47. The number of methoxy groups -OCH3 is 1. The summed E-state index contributed by atoms with van der Waals surface area (Å²) in [6, 6.07) is 4.55. The van der Waals surface area contributed by atoms with Crippen LogP contribution in [0, 0.1) is 0 Å². The van der Waals surface area contributed by atoms with Crippen LogP contribution in [-0.4, -0.2) is 50.3 Å². The molecule has 0 aliphatic heterocycles. The van der Waals surface area contributed by atoms with Gasteiger partial charge in [0.25, 0.3) is 0 Å². The summed E-state index contributed by atoms with van der Waals surface area (Å²) in [5, 5.41) is 12.3. The van der Waals surface area contributed by atoms with Crippen LogP contribution < -0.4 is 10.1 Å². The van der Waals surface area contributed by atoms with Gasteiger partial charge in [-0.1, -0.05) is 6.07 Å². The van der Waals surface area contributed by atoms with Crippen molar-refractivity contribution in [2.75, 3.05) is 34.3 Å². The lowest BCUT2D eigenvalue weighted by molar-refractivity contribution is -0.139. The van der Waals surface area contributed by atoms with Gasteiger partial charge in [-0.05, 0) is 47.7 Å². The summed E-state index contributed by atoms with van der Waals surface area (Å²) in [6.07, 6.45) is 0. The molecular formula is C13H19BrN2O3. The molecule has 0 fully saturated rings. The Bertz CT molecular complexity index is 438. The third-order valence-electron chi connectivity index (χ3n) is 2.66. The lowest BCUT2D eigenvalue weighted by Crippen LogP contribution is -2.33. The predicted molar refractivity (Wildman–Crippen MR) is 77.6 cm³/mol. The fourth-order valence-corrected chi connectivity index (χ4v) is 2.20. The molecule has 1 atom stereocenters. The summed E-state index contributed by atoms with van der Waals surface area (Å²) in [6.45, 7) is 1.38. The Labute approximate surface area is 121 Å². The van der Waals surface area contributed by atoms with Crippen molar-refractivity contribution in [3.8, 4) is 5.75 Å². The van der Waals surface area contributed by atoms with E-state index in [1.807, 2.05) is 19.0 Å². The molecule has 1 rings (SSSR count). The van der Waals surface area contributed by atoms with Crippen molar-refractivity contribution in [1.29, 1.82) is 0 Å². The molecule has 0 spiro atoms. The molecule has 1 aromatic carbocycles. The molecule has 1 unspecified atom stereocenters. The minimum Gasteiger partial charge on any atom is -0.496 e. The van der Waals surface area contributed by atoms with Crippen LogP contribution in [0.5, 0.6) is 5.75 Å². The van der Waals surface area contributed by atoms with Gasteiger partial charge < -0.3 is 14.7 Å². The summed E-state index contributed by atoms with van der Waals surface area (Å²) in [5.41, 5.74) is 0.693. The van der Waals surface area contributed by atoms with Crippen molar-refractivity contribution in [1.82, 2.24) is 10.2 Å². The van der Waals surface area contributed by atoms with E-state index in [4.69, 9.17) is 4.74 Å². The summed E-state index contributed by atoms with van der Waals surface area (Å²) >= 11 is 3.36. The van der Waals surface area contributed by atoms with Crippen LogP contribution in [0.1, 0.15) is 11.6 Å². The average Bonchev–Trinajstić information content (AvgIpc) is 2.33. The Balaban J connectivity index is 2.81. The zero-order chi connectivity index (χ0) is 14.4. The Morgan fingerprint density at radius 2 is 2.21 bits per heavy atom.